The average Bonchev–Trinajstić information content (AvgIpc) is 3.30. The standard InChI is InChI=1S/C21H18BrN3/c1-12-6-19(23-10-12)21-24-11-20(25-21)13-2-4-17-14(7-13)8-15-9-16(22)3-5-18(15)17/h2-5,7,9,11,19,23H,1,6,8,10H2,(H,24,25). The van der Waals surface area contributed by atoms with E-state index in [0.717, 1.165) is 35.4 Å². The van der Waals surface area contributed by atoms with Crippen LogP contribution in [0.4, 0.5) is 0 Å². The first-order valence-corrected chi connectivity index (χ1v) is 9.34. The average molecular weight is 392 g/mol. The minimum Gasteiger partial charge on any atom is -0.341 e. The molecular weight excluding hydrogens is 374 g/mol. The van der Waals surface area contributed by atoms with Crippen LogP contribution >= 0.6 is 15.9 Å². The molecule has 3 nitrogen and oxygen atoms in total. The lowest BCUT2D eigenvalue weighted by Crippen LogP contribution is -2.14. The largest absolute Gasteiger partial charge is 0.341 e. The summed E-state index contributed by atoms with van der Waals surface area (Å²) in [7, 11) is 0. The highest BCUT2D eigenvalue weighted by atomic mass is 79.9. The van der Waals surface area contributed by atoms with Crippen molar-refractivity contribution >= 4 is 15.9 Å². The van der Waals surface area contributed by atoms with Gasteiger partial charge in [-0.25, -0.2) is 4.98 Å². The zero-order valence-electron chi connectivity index (χ0n) is 13.8. The van der Waals surface area contributed by atoms with E-state index in [4.69, 9.17) is 0 Å². The normalized spacial score (nSPS) is 18.4. The summed E-state index contributed by atoms with van der Waals surface area (Å²) in [5, 5.41) is 3.45. The Hall–Kier alpha value is -2.17. The van der Waals surface area contributed by atoms with Gasteiger partial charge >= 0.3 is 0 Å². The Morgan fingerprint density at radius 3 is 2.68 bits per heavy atom. The zero-order chi connectivity index (χ0) is 17.0. The maximum absolute atomic E-state index is 4.59. The lowest BCUT2D eigenvalue weighted by atomic mass is 10.0. The van der Waals surface area contributed by atoms with E-state index in [9.17, 15) is 0 Å². The molecule has 1 atom stereocenters. The number of imidazole rings is 1. The number of rotatable bonds is 2. The molecule has 2 aromatic carbocycles. The molecular formula is C21H18BrN3. The van der Waals surface area contributed by atoms with Gasteiger partial charge in [-0.3, -0.25) is 0 Å². The highest BCUT2D eigenvalue weighted by molar-refractivity contribution is 9.10. The Morgan fingerprint density at radius 2 is 1.88 bits per heavy atom. The molecule has 2 heterocycles. The lowest BCUT2D eigenvalue weighted by Gasteiger charge is -2.06. The molecule has 1 saturated heterocycles. The third-order valence-electron chi connectivity index (χ3n) is 5.17. The van der Waals surface area contributed by atoms with E-state index in [-0.39, 0.29) is 6.04 Å². The molecule has 1 unspecified atom stereocenters. The van der Waals surface area contributed by atoms with Crippen molar-refractivity contribution in [2.24, 2.45) is 0 Å². The highest BCUT2D eigenvalue weighted by Crippen LogP contribution is 2.39. The molecule has 1 aliphatic heterocycles. The van der Waals surface area contributed by atoms with Gasteiger partial charge in [0.1, 0.15) is 5.82 Å². The van der Waals surface area contributed by atoms with Crippen LogP contribution in [-0.2, 0) is 6.42 Å². The molecule has 2 aliphatic rings. The molecule has 5 rings (SSSR count). The van der Waals surface area contributed by atoms with Crippen LogP contribution in [0.5, 0.6) is 0 Å². The summed E-state index contributed by atoms with van der Waals surface area (Å²) in [6.45, 7) is 4.93. The summed E-state index contributed by atoms with van der Waals surface area (Å²) in [5.74, 6) is 1.00. The second kappa shape index (κ2) is 5.68. The fraction of sp³-hybridized carbons (Fsp3) is 0.190. The molecule has 25 heavy (non-hydrogen) atoms. The van der Waals surface area contributed by atoms with Crippen molar-refractivity contribution in [2.75, 3.05) is 6.54 Å². The van der Waals surface area contributed by atoms with Gasteiger partial charge in [0.05, 0.1) is 17.9 Å². The number of aromatic nitrogens is 2. The van der Waals surface area contributed by atoms with Crippen molar-refractivity contribution in [2.45, 2.75) is 18.9 Å². The van der Waals surface area contributed by atoms with Gasteiger partial charge in [-0.15, -0.1) is 0 Å². The molecule has 0 saturated carbocycles. The molecule has 0 amide bonds. The number of H-pyrrole nitrogens is 1. The van der Waals surface area contributed by atoms with Crippen LogP contribution in [0.25, 0.3) is 22.4 Å². The van der Waals surface area contributed by atoms with Crippen LogP contribution in [0.2, 0.25) is 0 Å². The molecule has 124 valence electrons. The van der Waals surface area contributed by atoms with E-state index in [2.05, 4.69) is 74.2 Å². The second-order valence-electron chi connectivity index (χ2n) is 6.92. The van der Waals surface area contributed by atoms with E-state index in [1.807, 2.05) is 6.20 Å². The van der Waals surface area contributed by atoms with Gasteiger partial charge in [-0.2, -0.15) is 0 Å². The van der Waals surface area contributed by atoms with E-state index in [1.165, 1.54) is 33.4 Å². The molecule has 0 bridgehead atoms. The third-order valence-corrected chi connectivity index (χ3v) is 5.66. The molecule has 3 aromatic rings. The lowest BCUT2D eigenvalue weighted by molar-refractivity contribution is 0.616. The van der Waals surface area contributed by atoms with E-state index in [0.29, 0.717) is 0 Å². The van der Waals surface area contributed by atoms with Gasteiger partial charge in [0.15, 0.2) is 0 Å². The van der Waals surface area contributed by atoms with Crippen LogP contribution < -0.4 is 5.32 Å². The maximum atomic E-state index is 4.59. The van der Waals surface area contributed by atoms with Crippen LogP contribution in [-0.4, -0.2) is 16.5 Å². The minimum absolute atomic E-state index is 0.261. The van der Waals surface area contributed by atoms with Crippen LogP contribution in [0, 0.1) is 0 Å². The van der Waals surface area contributed by atoms with Crippen molar-refractivity contribution < 1.29 is 0 Å². The van der Waals surface area contributed by atoms with Crippen molar-refractivity contribution in [3.63, 3.8) is 0 Å². The molecule has 4 heteroatoms. The predicted molar refractivity (Wildman–Crippen MR) is 104 cm³/mol. The molecule has 1 fully saturated rings. The Balaban J connectivity index is 1.47. The maximum Gasteiger partial charge on any atom is 0.124 e. The molecule has 1 aliphatic carbocycles. The van der Waals surface area contributed by atoms with E-state index < -0.39 is 0 Å². The molecule has 1 aromatic heterocycles. The molecule has 0 radical (unpaired) electrons. The number of nitrogens with zero attached hydrogens (tertiary/aromatic N) is 1. The predicted octanol–water partition coefficient (Wildman–Crippen LogP) is 5.00. The summed E-state index contributed by atoms with van der Waals surface area (Å²) in [6, 6.07) is 13.5. The second-order valence-corrected chi connectivity index (χ2v) is 7.84. The fourth-order valence-electron chi connectivity index (χ4n) is 3.90. The Bertz CT molecular complexity index is 1000. The molecule has 2 N–H and O–H groups in total. The monoisotopic (exact) mass is 391 g/mol. The van der Waals surface area contributed by atoms with Gasteiger partial charge in [0.25, 0.3) is 0 Å². The Labute approximate surface area is 155 Å². The van der Waals surface area contributed by atoms with Crippen molar-refractivity contribution in [1.29, 1.82) is 0 Å². The van der Waals surface area contributed by atoms with Crippen LogP contribution in [0.1, 0.15) is 29.4 Å². The van der Waals surface area contributed by atoms with Crippen LogP contribution in [0.3, 0.4) is 0 Å². The molecule has 0 spiro atoms. The number of hydrogen-bond donors (Lipinski definition) is 2. The highest BCUT2D eigenvalue weighted by Gasteiger charge is 2.23. The first-order chi connectivity index (χ1) is 12.2. The van der Waals surface area contributed by atoms with Gasteiger partial charge in [-0.1, -0.05) is 46.3 Å². The first-order valence-electron chi connectivity index (χ1n) is 8.54. The van der Waals surface area contributed by atoms with E-state index >= 15 is 0 Å². The number of halogens is 1. The Morgan fingerprint density at radius 1 is 1.08 bits per heavy atom. The topological polar surface area (TPSA) is 40.7 Å². The van der Waals surface area contributed by atoms with Gasteiger partial charge < -0.3 is 10.3 Å². The van der Waals surface area contributed by atoms with Gasteiger partial charge in [0, 0.05) is 11.0 Å². The smallest absolute Gasteiger partial charge is 0.124 e. The summed E-state index contributed by atoms with van der Waals surface area (Å²) in [6.07, 6.45) is 3.89. The number of nitrogens with one attached hydrogen (secondary N) is 2. The number of fused-ring (bicyclic) bond motifs is 3. The van der Waals surface area contributed by atoms with E-state index in [1.54, 1.807) is 0 Å². The van der Waals surface area contributed by atoms with Crippen molar-refractivity contribution in [3.8, 4) is 22.4 Å². The number of hydrogen-bond acceptors (Lipinski definition) is 2. The fourth-order valence-corrected chi connectivity index (χ4v) is 4.31. The minimum atomic E-state index is 0.261. The quantitative estimate of drug-likeness (QED) is 0.472. The van der Waals surface area contributed by atoms with Crippen molar-refractivity contribution in [1.82, 2.24) is 15.3 Å². The third kappa shape index (κ3) is 2.57. The van der Waals surface area contributed by atoms with Crippen molar-refractivity contribution in [3.05, 3.63) is 76.2 Å². The van der Waals surface area contributed by atoms with Gasteiger partial charge in [-0.05, 0) is 58.9 Å². The van der Waals surface area contributed by atoms with Gasteiger partial charge in [0.2, 0.25) is 0 Å². The SMILES string of the molecule is C=C1CNC(c2ncc(-c3ccc4c(c3)Cc3cc(Br)ccc3-4)[nH]2)C1. The summed E-state index contributed by atoms with van der Waals surface area (Å²) in [5.41, 5.74) is 8.98. The summed E-state index contributed by atoms with van der Waals surface area (Å²) >= 11 is 3.57. The first kappa shape index (κ1) is 15.1. The summed E-state index contributed by atoms with van der Waals surface area (Å²) < 4.78 is 1.14. The number of aromatic amines is 1. The zero-order valence-corrected chi connectivity index (χ0v) is 15.4. The van der Waals surface area contributed by atoms with Crippen LogP contribution in [0.15, 0.2) is 59.2 Å². The number of benzene rings is 2. The Kier molecular flexibility index (Phi) is 3.43. The summed E-state index contributed by atoms with van der Waals surface area (Å²) in [4.78, 5) is 8.08.